The number of carbonyl (C=O) groups excluding carboxylic acids is 1. The first kappa shape index (κ1) is 22.2. The minimum atomic E-state index is -0.453. The summed E-state index contributed by atoms with van der Waals surface area (Å²) in [6.07, 6.45) is 2.88. The van der Waals surface area contributed by atoms with Gasteiger partial charge in [0.2, 0.25) is 0 Å². The summed E-state index contributed by atoms with van der Waals surface area (Å²) in [5, 5.41) is 25.2. The molecule has 30 heavy (non-hydrogen) atoms. The number of methoxy groups -OCH3 is 2. The molecule has 0 aromatic heterocycles. The number of thiocarbonyl (C=S) groups is 1. The van der Waals surface area contributed by atoms with Gasteiger partial charge in [0.25, 0.3) is 5.91 Å². The number of phenols is 2. The fourth-order valence-corrected chi connectivity index (χ4v) is 4.06. The molecule has 2 aromatic rings. The van der Waals surface area contributed by atoms with Crippen molar-refractivity contribution in [2.75, 3.05) is 14.2 Å². The second-order valence-corrected chi connectivity index (χ2v) is 8.32. The van der Waals surface area contributed by atoms with Crippen LogP contribution in [0.1, 0.15) is 11.1 Å². The van der Waals surface area contributed by atoms with Crippen molar-refractivity contribution in [3.8, 4) is 23.0 Å². The number of rotatable bonds is 5. The third kappa shape index (κ3) is 4.49. The number of aromatic hydroxyl groups is 2. The average Bonchev–Trinajstić information content (AvgIpc) is 2.96. The lowest BCUT2D eigenvalue weighted by molar-refractivity contribution is -0.122. The van der Waals surface area contributed by atoms with Crippen LogP contribution < -0.4 is 9.47 Å². The molecule has 0 atom stereocenters. The van der Waals surface area contributed by atoms with E-state index in [4.69, 9.17) is 44.9 Å². The Morgan fingerprint density at radius 1 is 1.03 bits per heavy atom. The van der Waals surface area contributed by atoms with E-state index in [9.17, 15) is 15.0 Å². The fraction of sp³-hybridized carbons (Fsp3) is 0.105. The van der Waals surface area contributed by atoms with Crippen LogP contribution in [0.5, 0.6) is 23.0 Å². The molecule has 0 bridgehead atoms. The Morgan fingerprint density at radius 2 is 1.57 bits per heavy atom. The molecule has 0 aliphatic carbocycles. The SMILES string of the molecule is COc1cc(C=NN2C(=O)/C(=C\c3cc(OC)c(O)cc3Cl)SC2=S)c(Cl)cc1O. The quantitative estimate of drug-likeness (QED) is 0.362. The lowest BCUT2D eigenvalue weighted by atomic mass is 10.2. The summed E-state index contributed by atoms with van der Waals surface area (Å²) < 4.78 is 10.3. The first-order valence-electron chi connectivity index (χ1n) is 8.20. The maximum Gasteiger partial charge on any atom is 0.286 e. The minimum absolute atomic E-state index is 0.113. The lowest BCUT2D eigenvalue weighted by Crippen LogP contribution is -2.22. The van der Waals surface area contributed by atoms with Crippen molar-refractivity contribution in [3.05, 3.63) is 50.3 Å². The van der Waals surface area contributed by atoms with E-state index < -0.39 is 5.91 Å². The molecule has 0 unspecified atom stereocenters. The molecule has 2 N–H and O–H groups in total. The standard InChI is InChI=1S/C19H14Cl2N2O5S2/c1-27-15-3-9(11(20)6-13(15)24)5-17-18(26)23(19(29)30-17)22-8-10-4-16(28-2)14(25)7-12(10)21/h3-8,24-25H,1-2H3/b17-5+,22-8?. The van der Waals surface area contributed by atoms with Crippen LogP contribution in [-0.2, 0) is 4.79 Å². The highest BCUT2D eigenvalue weighted by molar-refractivity contribution is 8.26. The van der Waals surface area contributed by atoms with Crippen molar-refractivity contribution in [3.63, 3.8) is 0 Å². The molecule has 0 saturated carbocycles. The Balaban J connectivity index is 1.89. The number of hydrogen-bond acceptors (Lipinski definition) is 8. The van der Waals surface area contributed by atoms with Crippen LogP contribution in [0.4, 0.5) is 0 Å². The summed E-state index contributed by atoms with van der Waals surface area (Å²) in [6, 6.07) is 5.63. The number of phenolic OH excluding ortho intramolecular Hbond substituents is 2. The van der Waals surface area contributed by atoms with Gasteiger partial charge in [-0.15, -0.1) is 0 Å². The third-order valence-corrected chi connectivity index (χ3v) is 5.91. The van der Waals surface area contributed by atoms with Crippen molar-refractivity contribution < 1.29 is 24.5 Å². The number of carbonyl (C=O) groups is 1. The van der Waals surface area contributed by atoms with Crippen molar-refractivity contribution in [1.29, 1.82) is 0 Å². The highest BCUT2D eigenvalue weighted by atomic mass is 35.5. The molecule has 7 nitrogen and oxygen atoms in total. The number of halogens is 2. The molecular formula is C19H14Cl2N2O5S2. The highest BCUT2D eigenvalue weighted by Crippen LogP contribution is 2.38. The zero-order valence-corrected chi connectivity index (χ0v) is 18.7. The van der Waals surface area contributed by atoms with Gasteiger partial charge in [0, 0.05) is 17.7 Å². The van der Waals surface area contributed by atoms with Gasteiger partial charge in [-0.2, -0.15) is 10.1 Å². The topological polar surface area (TPSA) is 91.6 Å². The Hall–Kier alpha value is -2.46. The van der Waals surface area contributed by atoms with Crippen molar-refractivity contribution in [1.82, 2.24) is 5.01 Å². The van der Waals surface area contributed by atoms with Gasteiger partial charge in [-0.3, -0.25) is 4.79 Å². The number of hydrogen-bond donors (Lipinski definition) is 2. The van der Waals surface area contributed by atoms with Gasteiger partial charge in [-0.05, 0) is 36.0 Å². The monoisotopic (exact) mass is 484 g/mol. The maximum atomic E-state index is 12.8. The molecule has 156 valence electrons. The van der Waals surface area contributed by atoms with Crippen molar-refractivity contribution in [2.24, 2.45) is 5.10 Å². The van der Waals surface area contributed by atoms with Gasteiger partial charge in [-0.1, -0.05) is 35.0 Å². The molecule has 3 rings (SSSR count). The Kier molecular flexibility index (Phi) is 6.77. The minimum Gasteiger partial charge on any atom is -0.504 e. The third-order valence-electron chi connectivity index (χ3n) is 3.97. The predicted octanol–water partition coefficient (Wildman–Crippen LogP) is 4.66. The zero-order chi connectivity index (χ0) is 22.0. The van der Waals surface area contributed by atoms with Crippen LogP contribution in [0.2, 0.25) is 10.0 Å². The van der Waals surface area contributed by atoms with E-state index in [2.05, 4.69) is 5.10 Å². The van der Waals surface area contributed by atoms with Crippen molar-refractivity contribution >= 4 is 69.7 Å². The molecular weight excluding hydrogens is 471 g/mol. The number of ether oxygens (including phenoxy) is 2. The molecule has 2 aromatic carbocycles. The molecule has 1 saturated heterocycles. The number of thioether (sulfide) groups is 1. The molecule has 0 spiro atoms. The number of benzene rings is 2. The fourth-order valence-electron chi connectivity index (χ4n) is 2.47. The Labute approximate surface area is 191 Å². The Morgan fingerprint density at radius 3 is 2.13 bits per heavy atom. The van der Waals surface area contributed by atoms with Crippen LogP contribution in [0.25, 0.3) is 6.08 Å². The second kappa shape index (κ2) is 9.13. The van der Waals surface area contributed by atoms with E-state index in [1.54, 1.807) is 0 Å². The van der Waals surface area contributed by atoms with Crippen LogP contribution in [0, 0.1) is 0 Å². The zero-order valence-electron chi connectivity index (χ0n) is 15.6. The highest BCUT2D eigenvalue weighted by Gasteiger charge is 2.32. The van der Waals surface area contributed by atoms with Gasteiger partial charge in [0.05, 0.1) is 35.4 Å². The second-order valence-electron chi connectivity index (χ2n) is 5.83. The number of nitrogens with zero attached hydrogens (tertiary/aromatic N) is 2. The summed E-state index contributed by atoms with van der Waals surface area (Å²) in [4.78, 5) is 13.0. The van der Waals surface area contributed by atoms with Gasteiger partial charge >= 0.3 is 0 Å². The predicted molar refractivity (Wildman–Crippen MR) is 122 cm³/mol. The average molecular weight is 485 g/mol. The summed E-state index contributed by atoms with van der Waals surface area (Å²) in [5.74, 6) is -0.254. The molecule has 11 heteroatoms. The van der Waals surface area contributed by atoms with Crippen LogP contribution in [-0.4, -0.2) is 45.9 Å². The molecule has 0 radical (unpaired) electrons. The first-order valence-corrected chi connectivity index (χ1v) is 10.2. The summed E-state index contributed by atoms with van der Waals surface area (Å²) >= 11 is 18.6. The smallest absolute Gasteiger partial charge is 0.286 e. The Bertz CT molecular complexity index is 1100. The summed E-state index contributed by atoms with van der Waals surface area (Å²) in [5.41, 5.74) is 0.901. The number of hydrazone groups is 1. The van der Waals surface area contributed by atoms with Gasteiger partial charge in [-0.25, -0.2) is 0 Å². The van der Waals surface area contributed by atoms with E-state index in [1.807, 2.05) is 0 Å². The van der Waals surface area contributed by atoms with Gasteiger partial charge in [0.15, 0.2) is 27.3 Å². The first-order chi connectivity index (χ1) is 14.2. The molecule has 1 heterocycles. The summed E-state index contributed by atoms with van der Waals surface area (Å²) in [7, 11) is 2.81. The lowest BCUT2D eigenvalue weighted by Gasteiger charge is -2.09. The normalized spacial score (nSPS) is 15.5. The van der Waals surface area contributed by atoms with Gasteiger partial charge < -0.3 is 19.7 Å². The molecule has 1 fully saturated rings. The number of amides is 1. The maximum absolute atomic E-state index is 12.8. The van der Waals surface area contributed by atoms with Crippen LogP contribution >= 0.6 is 47.2 Å². The van der Waals surface area contributed by atoms with E-state index in [1.165, 1.54) is 50.8 Å². The largest absolute Gasteiger partial charge is 0.504 e. The molecule has 1 aliphatic rings. The van der Waals surface area contributed by atoms with Gasteiger partial charge in [0.1, 0.15) is 0 Å². The molecule has 1 amide bonds. The van der Waals surface area contributed by atoms with Crippen molar-refractivity contribution in [2.45, 2.75) is 0 Å². The van der Waals surface area contributed by atoms with Crippen LogP contribution in [0.15, 0.2) is 34.3 Å². The molecule has 1 aliphatic heterocycles. The van der Waals surface area contributed by atoms with E-state index in [-0.39, 0.29) is 37.4 Å². The van der Waals surface area contributed by atoms with Crippen LogP contribution in [0.3, 0.4) is 0 Å². The van der Waals surface area contributed by atoms with E-state index >= 15 is 0 Å². The summed E-state index contributed by atoms with van der Waals surface area (Å²) in [6.45, 7) is 0. The van der Waals surface area contributed by atoms with E-state index in [0.717, 1.165) is 16.8 Å². The van der Waals surface area contributed by atoms with E-state index in [0.29, 0.717) is 16.0 Å².